The highest BCUT2D eigenvalue weighted by atomic mass is 16.3. The Morgan fingerprint density at radius 2 is 2.26 bits per heavy atom. The smallest absolute Gasteiger partial charge is 0.337 e. The summed E-state index contributed by atoms with van der Waals surface area (Å²) in [6.45, 7) is 0.302. The number of rotatable bonds is 4. The molecular formula is C16H14N5O2+. The van der Waals surface area contributed by atoms with Crippen molar-refractivity contribution in [1.29, 1.82) is 5.26 Å². The molecule has 3 heterocycles. The summed E-state index contributed by atoms with van der Waals surface area (Å²) >= 11 is 0. The summed E-state index contributed by atoms with van der Waals surface area (Å²) in [4.78, 5) is 16.5. The Morgan fingerprint density at radius 1 is 1.39 bits per heavy atom. The largest absolute Gasteiger partial charge is 0.475 e. The van der Waals surface area contributed by atoms with Crippen molar-refractivity contribution in [3.05, 3.63) is 54.6 Å². The first kappa shape index (κ1) is 14.5. The summed E-state index contributed by atoms with van der Waals surface area (Å²) in [5, 5.41) is 21.9. The van der Waals surface area contributed by atoms with Crippen LogP contribution in [0.25, 0.3) is 5.65 Å². The summed E-state index contributed by atoms with van der Waals surface area (Å²) in [6, 6.07) is 10.8. The fraction of sp³-hybridized carbons (Fsp3) is 0.125. The van der Waals surface area contributed by atoms with Crippen molar-refractivity contribution < 1.29 is 14.5 Å². The molecule has 23 heavy (non-hydrogen) atoms. The van der Waals surface area contributed by atoms with Crippen LogP contribution in [0.2, 0.25) is 0 Å². The Kier molecular flexibility index (Phi) is 3.89. The molecule has 0 saturated carbocycles. The molecule has 0 aliphatic carbocycles. The zero-order valence-corrected chi connectivity index (χ0v) is 12.2. The number of imidazole rings is 1. The number of carbonyl (C=O) groups excluding carboxylic acids is 1. The molecule has 0 fully saturated rings. The first-order valence-electron chi connectivity index (χ1n) is 7.02. The summed E-state index contributed by atoms with van der Waals surface area (Å²) in [5.41, 5.74) is 1.28. The Labute approximate surface area is 132 Å². The molecule has 1 amide bonds. The average Bonchev–Trinajstić information content (AvgIpc) is 2.85. The third kappa shape index (κ3) is 2.70. The lowest BCUT2D eigenvalue weighted by Gasteiger charge is -2.01. The first-order chi connectivity index (χ1) is 11.2. The molecule has 3 aromatic heterocycles. The maximum absolute atomic E-state index is 12.5. The van der Waals surface area contributed by atoms with Gasteiger partial charge in [0.1, 0.15) is 6.54 Å². The summed E-state index contributed by atoms with van der Waals surface area (Å²) in [5.74, 6) is -0.625. The van der Waals surface area contributed by atoms with Crippen LogP contribution in [-0.2, 0) is 6.54 Å². The lowest BCUT2D eigenvalue weighted by Crippen LogP contribution is -2.33. The van der Waals surface area contributed by atoms with Gasteiger partial charge >= 0.3 is 11.8 Å². The fourth-order valence-electron chi connectivity index (χ4n) is 2.41. The van der Waals surface area contributed by atoms with Crippen LogP contribution in [0.5, 0.6) is 5.88 Å². The monoisotopic (exact) mass is 308 g/mol. The number of nitriles is 1. The van der Waals surface area contributed by atoms with E-state index >= 15 is 0 Å². The van der Waals surface area contributed by atoms with Crippen molar-refractivity contribution in [2.24, 2.45) is 0 Å². The number of anilines is 1. The minimum Gasteiger partial charge on any atom is -0.475 e. The number of nitrogens with one attached hydrogen (secondary N) is 1. The molecule has 0 bridgehead atoms. The van der Waals surface area contributed by atoms with E-state index in [-0.39, 0.29) is 18.0 Å². The highest BCUT2D eigenvalue weighted by Gasteiger charge is 2.30. The van der Waals surface area contributed by atoms with E-state index < -0.39 is 5.91 Å². The first-order valence-corrected chi connectivity index (χ1v) is 7.02. The molecule has 3 rings (SSSR count). The van der Waals surface area contributed by atoms with Crippen LogP contribution in [0.3, 0.4) is 0 Å². The predicted molar refractivity (Wildman–Crippen MR) is 81.7 cm³/mol. The van der Waals surface area contributed by atoms with Crippen LogP contribution in [0.15, 0.2) is 48.9 Å². The molecule has 3 aromatic rings. The molecule has 7 heteroatoms. The number of fused-ring (bicyclic) bond motifs is 1. The fourth-order valence-corrected chi connectivity index (χ4v) is 2.41. The van der Waals surface area contributed by atoms with Gasteiger partial charge in [-0.1, -0.05) is 6.07 Å². The summed E-state index contributed by atoms with van der Waals surface area (Å²) < 4.78 is 3.14. The number of hydrogen-bond donors (Lipinski definition) is 2. The van der Waals surface area contributed by atoms with Crippen LogP contribution in [-0.4, -0.2) is 20.4 Å². The number of aromatic nitrogens is 3. The molecule has 0 aliphatic rings. The van der Waals surface area contributed by atoms with Gasteiger partial charge in [0.2, 0.25) is 0 Å². The Balaban J connectivity index is 2.05. The molecule has 0 unspecified atom stereocenters. The highest BCUT2D eigenvalue weighted by molar-refractivity contribution is 6.04. The van der Waals surface area contributed by atoms with E-state index in [0.717, 1.165) is 0 Å². The summed E-state index contributed by atoms with van der Waals surface area (Å²) in [6.07, 6.45) is 5.05. The standard InChI is InChI=1S/C16H13N5O2/c17-7-4-10-21-13-6-1-2-9-20(13)14(16(21)23)15(22)19-12-5-3-8-18-11-12/h1-3,5-6,8-9,11H,4,10H2,(H-,19,22,23)/p+1. The minimum atomic E-state index is -0.451. The van der Waals surface area contributed by atoms with Gasteiger partial charge in [0.05, 0.1) is 30.6 Å². The van der Waals surface area contributed by atoms with Crippen LogP contribution < -0.4 is 9.88 Å². The number of hydrogen-bond acceptors (Lipinski definition) is 4. The lowest BCUT2D eigenvalue weighted by atomic mass is 10.3. The molecule has 0 atom stereocenters. The molecule has 7 nitrogen and oxygen atoms in total. The van der Waals surface area contributed by atoms with Gasteiger partial charge in [-0.15, -0.1) is 0 Å². The SMILES string of the molecule is N#CCC[n+]1c(O)c(C(=O)Nc2cccnc2)n2ccccc21. The predicted octanol–water partition coefficient (Wildman–Crippen LogP) is 1.49. The number of pyridine rings is 2. The van der Waals surface area contributed by atoms with Crippen molar-refractivity contribution >= 4 is 17.2 Å². The van der Waals surface area contributed by atoms with Gasteiger partial charge in [0.25, 0.3) is 11.3 Å². The third-order valence-corrected chi connectivity index (χ3v) is 3.40. The van der Waals surface area contributed by atoms with Crippen molar-refractivity contribution in [2.75, 3.05) is 5.32 Å². The second-order valence-electron chi connectivity index (χ2n) is 4.86. The lowest BCUT2D eigenvalue weighted by molar-refractivity contribution is -0.675. The summed E-state index contributed by atoms with van der Waals surface area (Å²) in [7, 11) is 0. The zero-order chi connectivity index (χ0) is 16.2. The molecular weight excluding hydrogens is 294 g/mol. The van der Waals surface area contributed by atoms with Crippen LogP contribution >= 0.6 is 0 Å². The van der Waals surface area contributed by atoms with E-state index in [0.29, 0.717) is 17.9 Å². The number of amides is 1. The van der Waals surface area contributed by atoms with Crippen LogP contribution in [0.4, 0.5) is 5.69 Å². The van der Waals surface area contributed by atoms with Crippen molar-refractivity contribution in [1.82, 2.24) is 9.38 Å². The highest BCUT2D eigenvalue weighted by Crippen LogP contribution is 2.18. The van der Waals surface area contributed by atoms with E-state index in [4.69, 9.17) is 5.26 Å². The van der Waals surface area contributed by atoms with Gasteiger partial charge in [-0.3, -0.25) is 9.78 Å². The van der Waals surface area contributed by atoms with E-state index in [1.54, 1.807) is 51.7 Å². The van der Waals surface area contributed by atoms with E-state index in [1.807, 2.05) is 6.07 Å². The number of aromatic hydroxyl groups is 1. The van der Waals surface area contributed by atoms with E-state index in [2.05, 4.69) is 10.3 Å². The molecule has 0 spiro atoms. The van der Waals surface area contributed by atoms with Gasteiger partial charge in [-0.05, 0) is 18.2 Å². The van der Waals surface area contributed by atoms with Gasteiger partial charge in [-0.2, -0.15) is 14.2 Å². The molecule has 0 aliphatic heterocycles. The number of carbonyl (C=O) groups is 1. The van der Waals surface area contributed by atoms with Crippen LogP contribution in [0, 0.1) is 11.3 Å². The molecule has 0 aromatic carbocycles. The quantitative estimate of drug-likeness (QED) is 0.714. The molecule has 0 radical (unpaired) electrons. The van der Waals surface area contributed by atoms with Gasteiger partial charge in [0, 0.05) is 12.3 Å². The zero-order valence-electron chi connectivity index (χ0n) is 12.2. The second kappa shape index (κ2) is 6.15. The maximum atomic E-state index is 12.5. The van der Waals surface area contributed by atoms with E-state index in [1.165, 1.54) is 6.20 Å². The molecule has 114 valence electrons. The van der Waals surface area contributed by atoms with Gasteiger partial charge < -0.3 is 10.4 Å². The Morgan fingerprint density at radius 3 is 3.00 bits per heavy atom. The number of aryl methyl sites for hydroxylation is 1. The van der Waals surface area contributed by atoms with Crippen molar-refractivity contribution in [3.8, 4) is 11.9 Å². The molecule has 2 N–H and O–H groups in total. The normalized spacial score (nSPS) is 10.4. The van der Waals surface area contributed by atoms with Gasteiger partial charge in [0.15, 0.2) is 0 Å². The van der Waals surface area contributed by atoms with Crippen molar-refractivity contribution in [3.63, 3.8) is 0 Å². The third-order valence-electron chi connectivity index (χ3n) is 3.40. The topological polar surface area (TPSA) is 94.3 Å². The average molecular weight is 308 g/mol. The van der Waals surface area contributed by atoms with Gasteiger partial charge in [-0.25, -0.2) is 0 Å². The number of nitrogens with zero attached hydrogens (tertiary/aromatic N) is 4. The minimum absolute atomic E-state index is 0.113. The second-order valence-corrected chi connectivity index (χ2v) is 4.86. The Hall–Kier alpha value is -3.40. The molecule has 0 saturated heterocycles. The maximum Gasteiger partial charge on any atom is 0.337 e. The van der Waals surface area contributed by atoms with Crippen molar-refractivity contribution in [2.45, 2.75) is 13.0 Å². The Bertz CT molecular complexity index is 896. The van der Waals surface area contributed by atoms with E-state index in [9.17, 15) is 9.90 Å². The van der Waals surface area contributed by atoms with Crippen LogP contribution in [0.1, 0.15) is 16.9 Å².